The first-order valence-corrected chi connectivity index (χ1v) is 4.03. The summed E-state index contributed by atoms with van der Waals surface area (Å²) in [5.41, 5.74) is 6.10. The van der Waals surface area contributed by atoms with Gasteiger partial charge in [0.05, 0.1) is 5.69 Å². The van der Waals surface area contributed by atoms with Crippen LogP contribution in [0.25, 0.3) is 5.69 Å². The lowest BCUT2D eigenvalue weighted by Gasteiger charge is -2.01. The van der Waals surface area contributed by atoms with Gasteiger partial charge in [-0.15, -0.1) is 0 Å². The minimum atomic E-state index is -0.543. The van der Waals surface area contributed by atoms with Gasteiger partial charge in [-0.25, -0.2) is 4.68 Å². The molecule has 0 saturated heterocycles. The first-order chi connectivity index (χ1) is 6.77. The van der Waals surface area contributed by atoms with Crippen molar-refractivity contribution < 1.29 is 4.79 Å². The summed E-state index contributed by atoms with van der Waals surface area (Å²) in [6.45, 7) is 0. The zero-order valence-electron chi connectivity index (χ0n) is 7.29. The van der Waals surface area contributed by atoms with Crippen LogP contribution in [0.2, 0.25) is 0 Å². The van der Waals surface area contributed by atoms with Crippen molar-refractivity contribution in [1.29, 1.82) is 0 Å². The van der Waals surface area contributed by atoms with Crippen molar-refractivity contribution in [2.45, 2.75) is 0 Å². The number of primary amides is 1. The van der Waals surface area contributed by atoms with Crippen LogP contribution in [0.15, 0.2) is 36.8 Å². The number of rotatable bonds is 2. The predicted molar refractivity (Wildman–Crippen MR) is 49.9 cm³/mol. The number of amides is 1. The number of nitrogens with two attached hydrogens (primary N) is 1. The van der Waals surface area contributed by atoms with Gasteiger partial charge < -0.3 is 5.73 Å². The fraction of sp³-hybridized carbons (Fsp3) is 0. The van der Waals surface area contributed by atoms with Crippen molar-refractivity contribution in [3.05, 3.63) is 42.5 Å². The van der Waals surface area contributed by atoms with Crippen molar-refractivity contribution in [2.75, 3.05) is 0 Å². The second-order valence-corrected chi connectivity index (χ2v) is 2.71. The van der Waals surface area contributed by atoms with E-state index in [2.05, 4.69) is 10.1 Å². The average molecular weight is 188 g/mol. The molecule has 2 N–H and O–H groups in total. The van der Waals surface area contributed by atoms with E-state index in [-0.39, 0.29) is 5.69 Å². The summed E-state index contributed by atoms with van der Waals surface area (Å²) in [4.78, 5) is 14.7. The Morgan fingerprint density at radius 1 is 1.43 bits per heavy atom. The van der Waals surface area contributed by atoms with Crippen LogP contribution in [0.5, 0.6) is 0 Å². The molecule has 5 nitrogen and oxygen atoms in total. The predicted octanol–water partition coefficient (Wildman–Crippen LogP) is 0.366. The molecule has 0 atom stereocenters. The van der Waals surface area contributed by atoms with Gasteiger partial charge in [-0.1, -0.05) is 0 Å². The number of hydrogen-bond acceptors (Lipinski definition) is 3. The number of carbonyl (C=O) groups is 1. The molecular formula is C9H8N4O. The normalized spacial score (nSPS) is 10.0. The van der Waals surface area contributed by atoms with Gasteiger partial charge in [0, 0.05) is 18.6 Å². The summed E-state index contributed by atoms with van der Waals surface area (Å²) in [5, 5.41) is 4.02. The van der Waals surface area contributed by atoms with Gasteiger partial charge in [-0.2, -0.15) is 5.10 Å². The summed E-state index contributed by atoms with van der Waals surface area (Å²) in [6.07, 6.45) is 4.96. The largest absolute Gasteiger partial charge is 0.364 e. The first-order valence-electron chi connectivity index (χ1n) is 4.03. The van der Waals surface area contributed by atoms with Crippen LogP contribution in [0.3, 0.4) is 0 Å². The van der Waals surface area contributed by atoms with Gasteiger partial charge in [0.15, 0.2) is 0 Å². The molecule has 14 heavy (non-hydrogen) atoms. The molecule has 2 aromatic rings. The van der Waals surface area contributed by atoms with E-state index < -0.39 is 5.91 Å². The van der Waals surface area contributed by atoms with E-state index in [1.54, 1.807) is 35.3 Å². The molecule has 0 aliphatic carbocycles. The van der Waals surface area contributed by atoms with Gasteiger partial charge in [0.1, 0.15) is 5.69 Å². The van der Waals surface area contributed by atoms with E-state index in [4.69, 9.17) is 5.73 Å². The standard InChI is InChI=1S/C9H8N4O/c10-9(14)8-6-7(2-4-11-8)13-5-1-3-12-13/h1-6H,(H2,10,14). The topological polar surface area (TPSA) is 73.8 Å². The van der Waals surface area contributed by atoms with Crippen LogP contribution < -0.4 is 5.73 Å². The summed E-state index contributed by atoms with van der Waals surface area (Å²) in [5.74, 6) is -0.543. The number of nitrogens with zero attached hydrogens (tertiary/aromatic N) is 3. The minimum absolute atomic E-state index is 0.234. The second-order valence-electron chi connectivity index (χ2n) is 2.71. The van der Waals surface area contributed by atoms with Crippen LogP contribution >= 0.6 is 0 Å². The van der Waals surface area contributed by atoms with Crippen molar-refractivity contribution in [1.82, 2.24) is 14.8 Å². The molecule has 0 aliphatic heterocycles. The zero-order chi connectivity index (χ0) is 9.97. The van der Waals surface area contributed by atoms with Crippen molar-refractivity contribution >= 4 is 5.91 Å². The van der Waals surface area contributed by atoms with Crippen molar-refractivity contribution in [3.63, 3.8) is 0 Å². The van der Waals surface area contributed by atoms with Crippen LogP contribution in [-0.4, -0.2) is 20.7 Å². The molecule has 0 bridgehead atoms. The van der Waals surface area contributed by atoms with E-state index in [1.165, 1.54) is 6.20 Å². The second kappa shape index (κ2) is 3.29. The lowest BCUT2D eigenvalue weighted by atomic mass is 10.3. The van der Waals surface area contributed by atoms with Crippen molar-refractivity contribution in [3.8, 4) is 5.69 Å². The van der Waals surface area contributed by atoms with Gasteiger partial charge in [0.25, 0.3) is 5.91 Å². The molecule has 2 aromatic heterocycles. The maximum atomic E-state index is 10.9. The van der Waals surface area contributed by atoms with Gasteiger partial charge >= 0.3 is 0 Å². The Balaban J connectivity index is 2.46. The van der Waals surface area contributed by atoms with Gasteiger partial charge in [-0.3, -0.25) is 9.78 Å². The highest BCUT2D eigenvalue weighted by atomic mass is 16.1. The first kappa shape index (κ1) is 8.43. The third-order valence-corrected chi connectivity index (χ3v) is 1.76. The Bertz CT molecular complexity index is 450. The summed E-state index contributed by atoms with van der Waals surface area (Å²) in [7, 11) is 0. The van der Waals surface area contributed by atoms with Crippen LogP contribution in [-0.2, 0) is 0 Å². The molecular weight excluding hydrogens is 180 g/mol. The summed E-state index contributed by atoms with van der Waals surface area (Å²) in [6, 6.07) is 5.14. The molecule has 1 amide bonds. The van der Waals surface area contributed by atoms with Gasteiger partial charge in [-0.05, 0) is 18.2 Å². The van der Waals surface area contributed by atoms with E-state index in [9.17, 15) is 4.79 Å². The van der Waals surface area contributed by atoms with Crippen LogP contribution in [0, 0.1) is 0 Å². The Morgan fingerprint density at radius 2 is 2.29 bits per heavy atom. The van der Waals surface area contributed by atoms with Gasteiger partial charge in [0.2, 0.25) is 0 Å². The number of pyridine rings is 1. The van der Waals surface area contributed by atoms with E-state index in [1.807, 2.05) is 0 Å². The third kappa shape index (κ3) is 1.47. The molecule has 0 aromatic carbocycles. The highest BCUT2D eigenvalue weighted by molar-refractivity contribution is 5.91. The number of hydrogen-bond donors (Lipinski definition) is 1. The zero-order valence-corrected chi connectivity index (χ0v) is 7.29. The Labute approximate surface area is 80.2 Å². The average Bonchev–Trinajstić information content (AvgIpc) is 2.71. The van der Waals surface area contributed by atoms with E-state index >= 15 is 0 Å². The summed E-state index contributed by atoms with van der Waals surface area (Å²) >= 11 is 0. The van der Waals surface area contributed by atoms with E-state index in [0.29, 0.717) is 0 Å². The number of carbonyl (C=O) groups excluding carboxylic acids is 1. The van der Waals surface area contributed by atoms with Crippen LogP contribution in [0.1, 0.15) is 10.5 Å². The number of aromatic nitrogens is 3. The lowest BCUT2D eigenvalue weighted by molar-refractivity contribution is 0.0995. The fourth-order valence-electron chi connectivity index (χ4n) is 1.12. The highest BCUT2D eigenvalue weighted by Crippen LogP contribution is 2.06. The molecule has 2 heterocycles. The minimum Gasteiger partial charge on any atom is -0.364 e. The quantitative estimate of drug-likeness (QED) is 0.739. The maximum absolute atomic E-state index is 10.9. The molecule has 0 saturated carbocycles. The molecule has 0 spiro atoms. The van der Waals surface area contributed by atoms with Crippen molar-refractivity contribution in [2.24, 2.45) is 5.73 Å². The molecule has 0 radical (unpaired) electrons. The third-order valence-electron chi connectivity index (χ3n) is 1.76. The van der Waals surface area contributed by atoms with E-state index in [0.717, 1.165) is 5.69 Å². The molecule has 2 rings (SSSR count). The Hall–Kier alpha value is -2.17. The Morgan fingerprint density at radius 3 is 2.93 bits per heavy atom. The lowest BCUT2D eigenvalue weighted by Crippen LogP contribution is -2.13. The molecule has 0 aliphatic rings. The fourth-order valence-corrected chi connectivity index (χ4v) is 1.12. The molecule has 5 heteroatoms. The molecule has 70 valence electrons. The smallest absolute Gasteiger partial charge is 0.267 e. The molecule has 0 fully saturated rings. The maximum Gasteiger partial charge on any atom is 0.267 e. The Kier molecular flexibility index (Phi) is 1.98. The summed E-state index contributed by atoms with van der Waals surface area (Å²) < 4.78 is 1.63. The SMILES string of the molecule is NC(=O)c1cc(-n2cccn2)ccn1. The highest BCUT2D eigenvalue weighted by Gasteiger charge is 2.03. The van der Waals surface area contributed by atoms with Crippen LogP contribution in [0.4, 0.5) is 0 Å². The molecule has 0 unspecified atom stereocenters. The monoisotopic (exact) mass is 188 g/mol.